The Hall–Kier alpha value is -1.91. The molecule has 4 aromatic rings. The smallest absolute Gasteiger partial charge is 0.166 e. The molecular formula is C20H20ClN3S. The molecule has 1 N–H and O–H groups in total. The highest BCUT2D eigenvalue weighted by Crippen LogP contribution is 2.34. The number of fused-ring (bicyclic) bond motifs is 2. The van der Waals surface area contributed by atoms with Gasteiger partial charge in [0.15, 0.2) is 5.16 Å². The second-order valence-electron chi connectivity index (χ2n) is 6.80. The van der Waals surface area contributed by atoms with Crippen molar-refractivity contribution in [1.29, 1.82) is 0 Å². The first-order valence-corrected chi connectivity index (χ1v) is 9.75. The van der Waals surface area contributed by atoms with Gasteiger partial charge in [-0.1, -0.05) is 43.3 Å². The predicted molar refractivity (Wildman–Crippen MR) is 109 cm³/mol. The lowest BCUT2D eigenvalue weighted by atomic mass is 10.0. The number of halogens is 1. The molecule has 0 atom stereocenters. The van der Waals surface area contributed by atoms with Crippen LogP contribution in [0.1, 0.15) is 13.8 Å². The quantitative estimate of drug-likeness (QED) is 0.439. The lowest BCUT2D eigenvalue weighted by molar-refractivity contribution is 0.748. The SMILES string of the molecule is CC(C)CSc1nc2cc(-c3ccc4c(ccn4C)c3)c(Cl)cc2[nH]1. The second-order valence-corrected chi connectivity index (χ2v) is 8.21. The third-order valence-corrected chi connectivity index (χ3v) is 5.91. The number of nitrogens with one attached hydrogen (secondary N) is 1. The number of nitrogens with zero attached hydrogens (tertiary/aromatic N) is 2. The zero-order valence-electron chi connectivity index (χ0n) is 14.5. The van der Waals surface area contributed by atoms with E-state index in [4.69, 9.17) is 16.6 Å². The van der Waals surface area contributed by atoms with Crippen LogP contribution in [-0.2, 0) is 7.05 Å². The van der Waals surface area contributed by atoms with E-state index in [1.165, 1.54) is 10.9 Å². The maximum Gasteiger partial charge on any atom is 0.166 e. The normalized spacial score (nSPS) is 11.9. The molecule has 2 heterocycles. The van der Waals surface area contributed by atoms with Crippen LogP contribution in [0.4, 0.5) is 0 Å². The van der Waals surface area contributed by atoms with E-state index in [2.05, 4.69) is 67.0 Å². The molecule has 0 aliphatic carbocycles. The molecule has 0 radical (unpaired) electrons. The van der Waals surface area contributed by atoms with Gasteiger partial charge in [0, 0.05) is 35.5 Å². The fourth-order valence-electron chi connectivity index (χ4n) is 2.99. The number of rotatable bonds is 4. The summed E-state index contributed by atoms with van der Waals surface area (Å²) in [5, 5.41) is 2.91. The Morgan fingerprint density at radius 1 is 1.20 bits per heavy atom. The van der Waals surface area contributed by atoms with Crippen molar-refractivity contribution in [1.82, 2.24) is 14.5 Å². The lowest BCUT2D eigenvalue weighted by Gasteiger charge is -2.06. The molecule has 0 saturated carbocycles. The molecule has 128 valence electrons. The Kier molecular flexibility index (Phi) is 4.26. The number of H-pyrrole nitrogens is 1. The van der Waals surface area contributed by atoms with Crippen molar-refractivity contribution in [2.45, 2.75) is 19.0 Å². The molecule has 0 aliphatic rings. The molecule has 5 heteroatoms. The maximum absolute atomic E-state index is 6.57. The first-order chi connectivity index (χ1) is 12.0. The van der Waals surface area contributed by atoms with Gasteiger partial charge in [-0.05, 0) is 41.8 Å². The van der Waals surface area contributed by atoms with Crippen LogP contribution >= 0.6 is 23.4 Å². The topological polar surface area (TPSA) is 33.6 Å². The summed E-state index contributed by atoms with van der Waals surface area (Å²) in [5.41, 5.74) is 5.30. The number of aromatic amines is 1. The Morgan fingerprint density at radius 2 is 2.04 bits per heavy atom. The number of hydrogen-bond donors (Lipinski definition) is 1. The van der Waals surface area contributed by atoms with E-state index >= 15 is 0 Å². The van der Waals surface area contributed by atoms with Gasteiger partial charge in [0.05, 0.1) is 16.1 Å². The standard InChI is InChI=1S/C20H20ClN3S/c1-12(2)11-25-20-22-17-9-15(16(21)10-18(17)23-20)13-4-5-19-14(8-13)6-7-24(19)3/h4-10,12H,11H2,1-3H3,(H,22,23). The number of aryl methyl sites for hydroxylation is 1. The van der Waals surface area contributed by atoms with Crippen LogP contribution < -0.4 is 0 Å². The van der Waals surface area contributed by atoms with Crippen molar-refractivity contribution in [3.63, 3.8) is 0 Å². The molecule has 0 unspecified atom stereocenters. The zero-order valence-corrected chi connectivity index (χ0v) is 16.1. The molecule has 4 rings (SSSR count). The van der Waals surface area contributed by atoms with Gasteiger partial charge >= 0.3 is 0 Å². The average Bonchev–Trinajstić information content (AvgIpc) is 3.15. The van der Waals surface area contributed by atoms with Crippen molar-refractivity contribution in [3.8, 4) is 11.1 Å². The van der Waals surface area contributed by atoms with Crippen molar-refractivity contribution < 1.29 is 0 Å². The molecular weight excluding hydrogens is 350 g/mol. The molecule has 25 heavy (non-hydrogen) atoms. The van der Waals surface area contributed by atoms with E-state index in [-0.39, 0.29) is 0 Å². The minimum Gasteiger partial charge on any atom is -0.351 e. The van der Waals surface area contributed by atoms with E-state index < -0.39 is 0 Å². The molecule has 2 aromatic carbocycles. The van der Waals surface area contributed by atoms with Gasteiger partial charge in [-0.25, -0.2) is 4.98 Å². The van der Waals surface area contributed by atoms with Crippen LogP contribution in [0.15, 0.2) is 47.8 Å². The summed E-state index contributed by atoms with van der Waals surface area (Å²) >= 11 is 8.33. The molecule has 0 bridgehead atoms. The van der Waals surface area contributed by atoms with E-state index in [9.17, 15) is 0 Å². The maximum atomic E-state index is 6.57. The van der Waals surface area contributed by atoms with E-state index in [0.717, 1.165) is 38.1 Å². The average molecular weight is 370 g/mol. The molecule has 2 aromatic heterocycles. The summed E-state index contributed by atoms with van der Waals surface area (Å²) in [5.74, 6) is 1.68. The second kappa shape index (κ2) is 6.43. The molecule has 3 nitrogen and oxygen atoms in total. The van der Waals surface area contributed by atoms with E-state index in [1.807, 2.05) is 6.07 Å². The molecule has 0 spiro atoms. The minimum atomic E-state index is 0.634. The van der Waals surface area contributed by atoms with E-state index in [0.29, 0.717) is 5.92 Å². The summed E-state index contributed by atoms with van der Waals surface area (Å²) in [6, 6.07) is 12.6. The summed E-state index contributed by atoms with van der Waals surface area (Å²) in [6.07, 6.45) is 2.07. The van der Waals surface area contributed by atoms with Crippen LogP contribution in [-0.4, -0.2) is 20.3 Å². The van der Waals surface area contributed by atoms with Crippen LogP contribution in [0.25, 0.3) is 33.1 Å². The van der Waals surface area contributed by atoms with Crippen molar-refractivity contribution in [2.24, 2.45) is 13.0 Å². The predicted octanol–water partition coefficient (Wildman–Crippen LogP) is 6.12. The highest BCUT2D eigenvalue weighted by Gasteiger charge is 2.11. The molecule has 0 amide bonds. The Labute approximate surface area is 156 Å². The van der Waals surface area contributed by atoms with Gasteiger partial charge in [-0.2, -0.15) is 0 Å². The molecule has 0 fully saturated rings. The number of imidazole rings is 1. The summed E-state index contributed by atoms with van der Waals surface area (Å²) < 4.78 is 2.12. The number of aromatic nitrogens is 3. The monoisotopic (exact) mass is 369 g/mol. The third-order valence-electron chi connectivity index (χ3n) is 4.30. The van der Waals surface area contributed by atoms with Gasteiger partial charge in [0.1, 0.15) is 0 Å². The molecule has 0 aliphatic heterocycles. The van der Waals surface area contributed by atoms with Crippen molar-refractivity contribution in [2.75, 3.05) is 5.75 Å². The summed E-state index contributed by atoms with van der Waals surface area (Å²) in [7, 11) is 2.06. The Balaban J connectivity index is 1.76. The van der Waals surface area contributed by atoms with Crippen LogP contribution in [0.3, 0.4) is 0 Å². The first kappa shape index (κ1) is 16.6. The zero-order chi connectivity index (χ0) is 17.6. The Morgan fingerprint density at radius 3 is 2.84 bits per heavy atom. The van der Waals surface area contributed by atoms with E-state index in [1.54, 1.807) is 11.8 Å². The Bertz CT molecular complexity index is 1060. The van der Waals surface area contributed by atoms with Crippen LogP contribution in [0.5, 0.6) is 0 Å². The number of benzene rings is 2. The minimum absolute atomic E-state index is 0.634. The first-order valence-electron chi connectivity index (χ1n) is 8.39. The number of hydrogen-bond acceptors (Lipinski definition) is 2. The van der Waals surface area contributed by atoms with Gasteiger partial charge in [-0.3, -0.25) is 0 Å². The van der Waals surface area contributed by atoms with Crippen LogP contribution in [0, 0.1) is 5.92 Å². The third kappa shape index (κ3) is 3.16. The fraction of sp³-hybridized carbons (Fsp3) is 0.250. The van der Waals surface area contributed by atoms with Gasteiger partial charge < -0.3 is 9.55 Å². The molecule has 0 saturated heterocycles. The van der Waals surface area contributed by atoms with Crippen molar-refractivity contribution in [3.05, 3.63) is 47.6 Å². The fourth-order valence-corrected chi connectivity index (χ4v) is 4.10. The largest absolute Gasteiger partial charge is 0.351 e. The summed E-state index contributed by atoms with van der Waals surface area (Å²) in [6.45, 7) is 4.43. The van der Waals surface area contributed by atoms with Crippen molar-refractivity contribution >= 4 is 45.3 Å². The van der Waals surface area contributed by atoms with Gasteiger partial charge in [-0.15, -0.1) is 0 Å². The highest BCUT2D eigenvalue weighted by molar-refractivity contribution is 7.99. The van der Waals surface area contributed by atoms with Gasteiger partial charge in [0.25, 0.3) is 0 Å². The number of thioether (sulfide) groups is 1. The highest BCUT2D eigenvalue weighted by atomic mass is 35.5. The van der Waals surface area contributed by atoms with Gasteiger partial charge in [0.2, 0.25) is 0 Å². The van der Waals surface area contributed by atoms with Crippen LogP contribution in [0.2, 0.25) is 5.02 Å². The summed E-state index contributed by atoms with van der Waals surface area (Å²) in [4.78, 5) is 8.09. The lowest BCUT2D eigenvalue weighted by Crippen LogP contribution is -1.90.